The highest BCUT2D eigenvalue weighted by atomic mass is 16.5. The minimum atomic E-state index is -0.0427. The third kappa shape index (κ3) is 3.46. The molecule has 29 heavy (non-hydrogen) atoms. The van der Waals surface area contributed by atoms with Crippen molar-refractivity contribution in [2.45, 2.75) is 18.8 Å². The Hall–Kier alpha value is -3.29. The quantitative estimate of drug-likeness (QED) is 0.713. The second-order valence-corrected chi connectivity index (χ2v) is 6.99. The Morgan fingerprint density at radius 2 is 1.79 bits per heavy atom. The molecule has 3 heterocycles. The molecule has 1 aliphatic heterocycles. The zero-order valence-corrected chi connectivity index (χ0v) is 16.8. The summed E-state index contributed by atoms with van der Waals surface area (Å²) in [4.78, 5) is 19.2. The van der Waals surface area contributed by atoms with Gasteiger partial charge in [0.1, 0.15) is 0 Å². The van der Waals surface area contributed by atoms with E-state index in [2.05, 4.69) is 15.2 Å². The standard InChI is InChI=1S/C21H24N4O4/c1-27-16-11-14(12-17(28-2)19(16)29-3)21(26)25-9-6-13(7-10-25)18-15-5-4-8-22-20(15)24-23-18/h4-5,8,11-13H,6-7,9-10H2,1-3H3,(H,22,23,24). The van der Waals surface area contributed by atoms with E-state index >= 15 is 0 Å². The predicted octanol–water partition coefficient (Wildman–Crippen LogP) is 3.00. The van der Waals surface area contributed by atoms with Gasteiger partial charge in [-0.3, -0.25) is 9.89 Å². The SMILES string of the molecule is COc1cc(C(=O)N2CCC(c3[nH]nc4ncccc34)CC2)cc(OC)c1OC. The van der Waals surface area contributed by atoms with Crippen LogP contribution in [0.25, 0.3) is 11.0 Å². The molecule has 0 spiro atoms. The summed E-state index contributed by atoms with van der Waals surface area (Å²) in [6.45, 7) is 1.34. The summed E-state index contributed by atoms with van der Waals surface area (Å²) in [5.74, 6) is 1.71. The van der Waals surface area contributed by atoms with Crippen LogP contribution >= 0.6 is 0 Å². The molecular formula is C21H24N4O4. The molecule has 1 fully saturated rings. The molecule has 8 nitrogen and oxygen atoms in total. The van der Waals surface area contributed by atoms with E-state index in [1.54, 1.807) is 39.7 Å². The van der Waals surface area contributed by atoms with E-state index in [1.807, 2.05) is 17.0 Å². The number of rotatable bonds is 5. The molecule has 1 saturated heterocycles. The van der Waals surface area contributed by atoms with Crippen LogP contribution < -0.4 is 14.2 Å². The van der Waals surface area contributed by atoms with Crippen LogP contribution in [0, 0.1) is 0 Å². The van der Waals surface area contributed by atoms with Crippen molar-refractivity contribution in [3.8, 4) is 17.2 Å². The van der Waals surface area contributed by atoms with Gasteiger partial charge in [0.05, 0.1) is 21.3 Å². The van der Waals surface area contributed by atoms with Gasteiger partial charge in [-0.15, -0.1) is 0 Å². The van der Waals surface area contributed by atoms with Crippen molar-refractivity contribution >= 4 is 16.9 Å². The summed E-state index contributed by atoms with van der Waals surface area (Å²) < 4.78 is 16.1. The van der Waals surface area contributed by atoms with Crippen LogP contribution in [0.4, 0.5) is 0 Å². The number of piperidine rings is 1. The second kappa shape index (κ2) is 7.98. The molecule has 0 aliphatic carbocycles. The first-order valence-corrected chi connectivity index (χ1v) is 9.54. The van der Waals surface area contributed by atoms with Gasteiger partial charge in [0, 0.05) is 41.8 Å². The fourth-order valence-corrected chi connectivity index (χ4v) is 3.94. The number of benzene rings is 1. The Bertz CT molecular complexity index is 999. The van der Waals surface area contributed by atoms with E-state index in [4.69, 9.17) is 14.2 Å². The molecular weight excluding hydrogens is 372 g/mol. The average Bonchev–Trinajstić information content (AvgIpc) is 3.21. The molecule has 152 valence electrons. The van der Waals surface area contributed by atoms with Gasteiger partial charge in [0.15, 0.2) is 17.1 Å². The third-order valence-electron chi connectivity index (χ3n) is 5.46. The number of nitrogens with one attached hydrogen (secondary N) is 1. The van der Waals surface area contributed by atoms with Crippen molar-refractivity contribution in [1.29, 1.82) is 0 Å². The summed E-state index contributed by atoms with van der Waals surface area (Å²) in [5.41, 5.74) is 2.36. The number of aromatic nitrogens is 3. The maximum Gasteiger partial charge on any atom is 0.254 e. The lowest BCUT2D eigenvalue weighted by atomic mass is 9.91. The number of carbonyl (C=O) groups excluding carboxylic acids is 1. The molecule has 0 saturated carbocycles. The summed E-state index contributed by atoms with van der Waals surface area (Å²) in [6.07, 6.45) is 3.47. The number of nitrogens with zero attached hydrogens (tertiary/aromatic N) is 3. The molecule has 4 rings (SSSR count). The van der Waals surface area contributed by atoms with Crippen molar-refractivity contribution in [2.24, 2.45) is 0 Å². The Kier molecular flexibility index (Phi) is 5.24. The van der Waals surface area contributed by atoms with Crippen LogP contribution in [-0.4, -0.2) is 60.4 Å². The van der Waals surface area contributed by atoms with E-state index in [-0.39, 0.29) is 5.91 Å². The van der Waals surface area contributed by atoms with Gasteiger partial charge in [-0.2, -0.15) is 5.10 Å². The molecule has 1 N–H and O–H groups in total. The molecule has 0 unspecified atom stereocenters. The number of H-pyrrole nitrogens is 1. The van der Waals surface area contributed by atoms with E-state index in [0.717, 1.165) is 29.6 Å². The lowest BCUT2D eigenvalue weighted by molar-refractivity contribution is 0.0711. The largest absolute Gasteiger partial charge is 0.493 e. The summed E-state index contributed by atoms with van der Waals surface area (Å²) in [6, 6.07) is 7.35. The number of methoxy groups -OCH3 is 3. The maximum absolute atomic E-state index is 13.1. The third-order valence-corrected chi connectivity index (χ3v) is 5.46. The molecule has 0 radical (unpaired) electrons. The Balaban J connectivity index is 1.51. The van der Waals surface area contributed by atoms with Crippen LogP contribution in [0.15, 0.2) is 30.5 Å². The van der Waals surface area contributed by atoms with E-state index in [0.29, 0.717) is 41.8 Å². The molecule has 1 amide bonds. The number of hydrogen-bond donors (Lipinski definition) is 1. The number of aromatic amines is 1. The first kappa shape index (κ1) is 19.0. The van der Waals surface area contributed by atoms with E-state index in [1.165, 1.54) is 0 Å². The molecule has 1 aromatic carbocycles. The highest BCUT2D eigenvalue weighted by molar-refractivity contribution is 5.95. The molecule has 3 aromatic rings. The number of pyridine rings is 1. The minimum absolute atomic E-state index is 0.0427. The Morgan fingerprint density at radius 3 is 2.41 bits per heavy atom. The summed E-state index contributed by atoms with van der Waals surface area (Å²) in [5, 5.41) is 8.49. The predicted molar refractivity (Wildman–Crippen MR) is 108 cm³/mol. The fraction of sp³-hybridized carbons (Fsp3) is 0.381. The second-order valence-electron chi connectivity index (χ2n) is 6.99. The number of likely N-dealkylation sites (tertiary alicyclic amines) is 1. The number of fused-ring (bicyclic) bond motifs is 1. The zero-order valence-electron chi connectivity index (χ0n) is 16.8. The van der Waals surface area contributed by atoms with Crippen molar-refractivity contribution < 1.29 is 19.0 Å². The Labute approximate surface area is 168 Å². The number of carbonyl (C=O) groups is 1. The number of hydrogen-bond acceptors (Lipinski definition) is 6. The molecule has 1 aliphatic rings. The lowest BCUT2D eigenvalue weighted by Gasteiger charge is -2.32. The van der Waals surface area contributed by atoms with Crippen LogP contribution in [0.5, 0.6) is 17.2 Å². The molecule has 0 atom stereocenters. The first-order chi connectivity index (χ1) is 14.2. The lowest BCUT2D eigenvalue weighted by Crippen LogP contribution is -2.38. The van der Waals surface area contributed by atoms with E-state index in [9.17, 15) is 4.79 Å². The highest BCUT2D eigenvalue weighted by Gasteiger charge is 2.28. The van der Waals surface area contributed by atoms with Crippen molar-refractivity contribution in [2.75, 3.05) is 34.4 Å². The summed E-state index contributed by atoms with van der Waals surface area (Å²) in [7, 11) is 4.63. The first-order valence-electron chi connectivity index (χ1n) is 9.54. The van der Waals surface area contributed by atoms with Crippen LogP contribution in [0.1, 0.15) is 34.8 Å². The number of amides is 1. The topological polar surface area (TPSA) is 89.6 Å². The van der Waals surface area contributed by atoms with Crippen molar-refractivity contribution in [1.82, 2.24) is 20.1 Å². The van der Waals surface area contributed by atoms with E-state index < -0.39 is 0 Å². The fourth-order valence-electron chi connectivity index (χ4n) is 3.94. The van der Waals surface area contributed by atoms with Gasteiger partial charge in [-0.05, 0) is 37.1 Å². The Morgan fingerprint density at radius 1 is 1.10 bits per heavy atom. The monoisotopic (exact) mass is 396 g/mol. The van der Waals surface area contributed by atoms with Gasteiger partial charge in [-0.1, -0.05) is 0 Å². The smallest absolute Gasteiger partial charge is 0.254 e. The number of ether oxygens (including phenoxy) is 3. The van der Waals surface area contributed by atoms with Crippen LogP contribution in [0.2, 0.25) is 0 Å². The van der Waals surface area contributed by atoms with Crippen LogP contribution in [-0.2, 0) is 0 Å². The maximum atomic E-state index is 13.1. The molecule has 2 aromatic heterocycles. The van der Waals surface area contributed by atoms with Crippen molar-refractivity contribution in [3.63, 3.8) is 0 Å². The van der Waals surface area contributed by atoms with Crippen molar-refractivity contribution in [3.05, 3.63) is 41.7 Å². The summed E-state index contributed by atoms with van der Waals surface area (Å²) >= 11 is 0. The zero-order chi connectivity index (χ0) is 20.4. The van der Waals surface area contributed by atoms with Gasteiger partial charge in [0.2, 0.25) is 5.75 Å². The average molecular weight is 396 g/mol. The van der Waals surface area contributed by atoms with Gasteiger partial charge < -0.3 is 19.1 Å². The van der Waals surface area contributed by atoms with Gasteiger partial charge in [0.25, 0.3) is 5.91 Å². The van der Waals surface area contributed by atoms with Gasteiger partial charge >= 0.3 is 0 Å². The van der Waals surface area contributed by atoms with Gasteiger partial charge in [-0.25, -0.2) is 4.98 Å². The van der Waals surface area contributed by atoms with Crippen LogP contribution in [0.3, 0.4) is 0 Å². The molecule has 0 bridgehead atoms. The molecule has 8 heteroatoms. The minimum Gasteiger partial charge on any atom is -0.493 e. The normalized spacial score (nSPS) is 14.8. The highest BCUT2D eigenvalue weighted by Crippen LogP contribution is 2.39.